The zero-order valence-corrected chi connectivity index (χ0v) is 21.2. The smallest absolute Gasteiger partial charge is 0.303 e. The highest BCUT2D eigenvalue weighted by Crippen LogP contribution is 2.38. The topological polar surface area (TPSA) is 97.3 Å². The Kier molecular flexibility index (Phi) is 10.2. The fraction of sp³-hybridized carbons (Fsp3) is 0.429. The molecule has 1 fully saturated rings. The molecule has 0 aromatic heterocycles. The van der Waals surface area contributed by atoms with E-state index in [1.165, 1.54) is 13.8 Å². The van der Waals surface area contributed by atoms with Crippen molar-refractivity contribution in [2.75, 3.05) is 20.1 Å². The van der Waals surface area contributed by atoms with Crippen LogP contribution < -0.4 is 5.32 Å². The summed E-state index contributed by atoms with van der Waals surface area (Å²) in [5, 5.41) is 12.1. The van der Waals surface area contributed by atoms with Gasteiger partial charge in [0.05, 0.1) is 18.8 Å². The molecule has 2 aromatic rings. The van der Waals surface area contributed by atoms with Crippen LogP contribution in [0.25, 0.3) is 0 Å². The van der Waals surface area contributed by atoms with Gasteiger partial charge in [0.2, 0.25) is 0 Å². The van der Waals surface area contributed by atoms with E-state index in [0.29, 0.717) is 13.0 Å². The fourth-order valence-electron chi connectivity index (χ4n) is 4.10. The maximum Gasteiger partial charge on any atom is 0.303 e. The van der Waals surface area contributed by atoms with Crippen LogP contribution in [0.3, 0.4) is 0 Å². The van der Waals surface area contributed by atoms with E-state index in [1.807, 2.05) is 61.7 Å². The number of carbonyl (C=O) groups is 2. The number of aliphatic hydroxyl groups is 1. The molecule has 1 heterocycles. The van der Waals surface area contributed by atoms with Gasteiger partial charge >= 0.3 is 5.97 Å². The van der Waals surface area contributed by atoms with Crippen LogP contribution in [0.5, 0.6) is 0 Å². The minimum Gasteiger partial charge on any atom is -0.453 e. The third-order valence-corrected chi connectivity index (χ3v) is 6.00. The number of hydrogen-bond acceptors (Lipinski definition) is 7. The zero-order chi connectivity index (χ0) is 26.1. The molecule has 194 valence electrons. The average Bonchev–Trinajstić information content (AvgIpc) is 2.87. The van der Waals surface area contributed by atoms with Crippen LogP contribution in [-0.2, 0) is 37.0 Å². The highest BCUT2D eigenvalue weighted by atomic mass is 16.7. The Labute approximate surface area is 212 Å². The first-order valence-corrected chi connectivity index (χ1v) is 12.1. The summed E-state index contributed by atoms with van der Waals surface area (Å²) in [4.78, 5) is 25.3. The molecular formula is C28H36N2O6. The molecule has 8 nitrogen and oxygen atoms in total. The highest BCUT2D eigenvalue weighted by Gasteiger charge is 2.32. The lowest BCUT2D eigenvalue weighted by atomic mass is 9.99. The first-order valence-electron chi connectivity index (χ1n) is 12.1. The van der Waals surface area contributed by atoms with Crippen molar-refractivity contribution in [1.29, 1.82) is 0 Å². The maximum atomic E-state index is 12.1. The van der Waals surface area contributed by atoms with Gasteiger partial charge < -0.3 is 29.5 Å². The largest absolute Gasteiger partial charge is 0.453 e. The van der Waals surface area contributed by atoms with E-state index in [4.69, 9.17) is 14.2 Å². The summed E-state index contributed by atoms with van der Waals surface area (Å²) in [5.74, 6) is -0.846. The van der Waals surface area contributed by atoms with Crippen LogP contribution in [-0.4, -0.2) is 54.2 Å². The summed E-state index contributed by atoms with van der Waals surface area (Å²) in [6, 6.07) is 15.5. The molecule has 1 saturated heterocycles. The summed E-state index contributed by atoms with van der Waals surface area (Å²) < 4.78 is 17.6. The van der Waals surface area contributed by atoms with Crippen molar-refractivity contribution in [3.05, 3.63) is 83.4 Å². The average molecular weight is 497 g/mol. The van der Waals surface area contributed by atoms with Crippen molar-refractivity contribution in [3.63, 3.8) is 0 Å². The predicted molar refractivity (Wildman–Crippen MR) is 136 cm³/mol. The van der Waals surface area contributed by atoms with E-state index in [1.54, 1.807) is 0 Å². The second-order valence-corrected chi connectivity index (χ2v) is 9.07. The fourth-order valence-corrected chi connectivity index (χ4v) is 4.10. The van der Waals surface area contributed by atoms with Crippen molar-refractivity contribution >= 4 is 11.9 Å². The van der Waals surface area contributed by atoms with Gasteiger partial charge in [0.25, 0.3) is 5.91 Å². The Balaban J connectivity index is 1.69. The summed E-state index contributed by atoms with van der Waals surface area (Å²) in [7, 11) is 2.03. The van der Waals surface area contributed by atoms with Crippen LogP contribution in [0.15, 0.2) is 61.2 Å². The van der Waals surface area contributed by atoms with E-state index in [2.05, 4.69) is 16.8 Å². The number of rotatable bonds is 11. The summed E-state index contributed by atoms with van der Waals surface area (Å²) in [5.41, 5.74) is 3.68. The normalized spacial score (nSPS) is 20.5. The van der Waals surface area contributed by atoms with E-state index in [-0.39, 0.29) is 24.7 Å². The number of aliphatic hydroxyl groups excluding tert-OH is 1. The number of carbonyl (C=O) groups excluding carboxylic acids is 2. The van der Waals surface area contributed by atoms with Crippen molar-refractivity contribution in [2.24, 2.45) is 0 Å². The van der Waals surface area contributed by atoms with Gasteiger partial charge in [0, 0.05) is 38.5 Å². The molecule has 3 rings (SSSR count). The molecular weight excluding hydrogens is 460 g/mol. The number of benzene rings is 2. The summed E-state index contributed by atoms with van der Waals surface area (Å²) in [6.45, 7) is 8.44. The molecule has 0 saturated carbocycles. The second-order valence-electron chi connectivity index (χ2n) is 9.07. The molecule has 0 radical (unpaired) electrons. The van der Waals surface area contributed by atoms with Gasteiger partial charge in [-0.25, -0.2) is 0 Å². The first-order chi connectivity index (χ1) is 17.3. The SMILES string of the molecule is C=CCN(C)C[C@@H]1C[C@H](c2ccc(CO)cc2)OC(c2ccc(CNC(=O)[C@H](C)OC(C)=O)cc2)O1. The molecule has 1 aliphatic rings. The Morgan fingerprint density at radius 1 is 1.14 bits per heavy atom. The standard InChI is InChI=1S/C28H36N2O6/c1-5-14-30(4)17-25-15-26(23-10-8-22(18-31)9-11-23)36-28(35-25)24-12-6-21(7-13-24)16-29-27(33)19(2)34-20(3)32/h5-13,19,25-26,28,31H,1,14-18H2,2-4H3,(H,29,33)/t19-,25-,26+,28?/m0/s1. The van der Waals surface area contributed by atoms with Gasteiger partial charge in [-0.05, 0) is 30.7 Å². The molecule has 1 aliphatic heterocycles. The number of hydrogen-bond donors (Lipinski definition) is 2. The molecule has 1 amide bonds. The number of amides is 1. The van der Waals surface area contributed by atoms with Crippen LogP contribution in [0, 0.1) is 0 Å². The van der Waals surface area contributed by atoms with Gasteiger partial charge in [-0.15, -0.1) is 6.58 Å². The lowest BCUT2D eigenvalue weighted by molar-refractivity contribution is -0.252. The third-order valence-electron chi connectivity index (χ3n) is 6.00. The molecule has 4 atom stereocenters. The Bertz CT molecular complexity index is 1010. The van der Waals surface area contributed by atoms with E-state index >= 15 is 0 Å². The van der Waals surface area contributed by atoms with E-state index < -0.39 is 18.4 Å². The third kappa shape index (κ3) is 7.99. The highest BCUT2D eigenvalue weighted by molar-refractivity contribution is 5.82. The van der Waals surface area contributed by atoms with Crippen LogP contribution >= 0.6 is 0 Å². The Morgan fingerprint density at radius 3 is 2.39 bits per heavy atom. The first kappa shape index (κ1) is 27.5. The molecule has 0 aliphatic carbocycles. The molecule has 0 bridgehead atoms. The van der Waals surface area contributed by atoms with Gasteiger partial charge in [0.1, 0.15) is 0 Å². The monoisotopic (exact) mass is 496 g/mol. The van der Waals surface area contributed by atoms with Crippen LogP contribution in [0.4, 0.5) is 0 Å². The number of likely N-dealkylation sites (N-methyl/N-ethyl adjacent to an activating group) is 1. The number of ether oxygens (including phenoxy) is 3. The molecule has 1 unspecified atom stereocenters. The van der Waals surface area contributed by atoms with Gasteiger partial charge in [0.15, 0.2) is 12.4 Å². The van der Waals surface area contributed by atoms with Crippen LogP contribution in [0.2, 0.25) is 0 Å². The molecule has 36 heavy (non-hydrogen) atoms. The lowest BCUT2D eigenvalue weighted by Crippen LogP contribution is -2.37. The Morgan fingerprint density at radius 2 is 1.78 bits per heavy atom. The van der Waals surface area contributed by atoms with Crippen molar-refractivity contribution in [3.8, 4) is 0 Å². The van der Waals surface area contributed by atoms with Crippen molar-refractivity contribution < 1.29 is 28.9 Å². The van der Waals surface area contributed by atoms with Gasteiger partial charge in [-0.1, -0.05) is 54.6 Å². The molecule has 0 spiro atoms. The second kappa shape index (κ2) is 13.3. The number of nitrogens with zero attached hydrogens (tertiary/aromatic N) is 1. The van der Waals surface area contributed by atoms with Crippen molar-refractivity contribution in [2.45, 2.75) is 58.0 Å². The summed E-state index contributed by atoms with van der Waals surface area (Å²) in [6.07, 6.45) is 0.993. The zero-order valence-electron chi connectivity index (χ0n) is 21.2. The lowest BCUT2D eigenvalue weighted by Gasteiger charge is -2.37. The minimum absolute atomic E-state index is 0.00196. The molecule has 8 heteroatoms. The summed E-state index contributed by atoms with van der Waals surface area (Å²) >= 11 is 0. The molecule has 2 N–H and O–H groups in total. The number of esters is 1. The predicted octanol–water partition coefficient (Wildman–Crippen LogP) is 3.41. The van der Waals surface area contributed by atoms with Crippen molar-refractivity contribution in [1.82, 2.24) is 10.2 Å². The molecule has 2 aromatic carbocycles. The minimum atomic E-state index is -0.842. The van der Waals surface area contributed by atoms with Gasteiger partial charge in [-0.2, -0.15) is 0 Å². The quantitative estimate of drug-likeness (QED) is 0.363. The van der Waals surface area contributed by atoms with E-state index in [9.17, 15) is 14.7 Å². The van der Waals surface area contributed by atoms with Crippen LogP contribution in [0.1, 0.15) is 54.9 Å². The Hall–Kier alpha value is -3.04. The maximum absolute atomic E-state index is 12.1. The van der Waals surface area contributed by atoms with E-state index in [0.717, 1.165) is 35.3 Å². The number of nitrogens with one attached hydrogen (secondary N) is 1. The van der Waals surface area contributed by atoms with Gasteiger partial charge in [-0.3, -0.25) is 9.59 Å².